The van der Waals surface area contributed by atoms with Crippen LogP contribution in [0.2, 0.25) is 0 Å². The molecule has 4 nitrogen and oxygen atoms in total. The minimum Gasteiger partial charge on any atom is -0.494 e. The van der Waals surface area contributed by atoms with Gasteiger partial charge in [0.2, 0.25) is 0 Å². The Kier molecular flexibility index (Phi) is 9.40. The van der Waals surface area contributed by atoms with Crippen LogP contribution < -0.4 is 14.8 Å². The SMILES string of the molecule is CCCCCCCOc1ccc(NC(=O)c2ccccc2OCC(C)C)cc1. The van der Waals surface area contributed by atoms with Gasteiger partial charge in [-0.1, -0.05) is 58.6 Å². The topological polar surface area (TPSA) is 47.6 Å². The summed E-state index contributed by atoms with van der Waals surface area (Å²) in [4.78, 5) is 12.6. The van der Waals surface area contributed by atoms with Crippen molar-refractivity contribution in [1.82, 2.24) is 0 Å². The van der Waals surface area contributed by atoms with Gasteiger partial charge < -0.3 is 14.8 Å². The number of nitrogens with one attached hydrogen (secondary N) is 1. The summed E-state index contributed by atoms with van der Waals surface area (Å²) in [5.74, 6) is 1.66. The van der Waals surface area contributed by atoms with Gasteiger partial charge in [0.15, 0.2) is 0 Å². The van der Waals surface area contributed by atoms with Gasteiger partial charge in [-0.05, 0) is 48.7 Å². The molecular weight excluding hydrogens is 350 g/mol. The van der Waals surface area contributed by atoms with E-state index >= 15 is 0 Å². The van der Waals surface area contributed by atoms with Crippen LogP contribution in [0.15, 0.2) is 48.5 Å². The third kappa shape index (κ3) is 7.63. The summed E-state index contributed by atoms with van der Waals surface area (Å²) < 4.78 is 11.5. The highest BCUT2D eigenvalue weighted by atomic mass is 16.5. The molecule has 1 N–H and O–H groups in total. The highest BCUT2D eigenvalue weighted by molar-refractivity contribution is 6.06. The van der Waals surface area contributed by atoms with E-state index in [2.05, 4.69) is 26.1 Å². The molecule has 0 aliphatic rings. The van der Waals surface area contributed by atoms with Gasteiger partial charge in [0.1, 0.15) is 11.5 Å². The molecule has 4 heteroatoms. The normalized spacial score (nSPS) is 10.7. The molecule has 0 saturated heterocycles. The quantitative estimate of drug-likeness (QED) is 0.436. The Morgan fingerprint density at radius 3 is 2.36 bits per heavy atom. The fraction of sp³-hybridized carbons (Fsp3) is 0.458. The maximum absolute atomic E-state index is 12.6. The fourth-order valence-corrected chi connectivity index (χ4v) is 2.77. The van der Waals surface area contributed by atoms with E-state index < -0.39 is 0 Å². The first-order chi connectivity index (χ1) is 13.6. The van der Waals surface area contributed by atoms with Crippen molar-refractivity contribution >= 4 is 11.6 Å². The third-order valence-corrected chi connectivity index (χ3v) is 4.33. The number of hydrogen-bond acceptors (Lipinski definition) is 3. The van der Waals surface area contributed by atoms with Crippen LogP contribution in [0.1, 0.15) is 63.2 Å². The lowest BCUT2D eigenvalue weighted by atomic mass is 10.1. The predicted molar refractivity (Wildman–Crippen MR) is 115 cm³/mol. The van der Waals surface area contributed by atoms with Crippen LogP contribution >= 0.6 is 0 Å². The van der Waals surface area contributed by atoms with E-state index in [4.69, 9.17) is 9.47 Å². The van der Waals surface area contributed by atoms with Crippen LogP contribution in [0.5, 0.6) is 11.5 Å². The van der Waals surface area contributed by atoms with E-state index in [9.17, 15) is 4.79 Å². The van der Waals surface area contributed by atoms with Crippen LogP contribution in [0, 0.1) is 5.92 Å². The number of carbonyl (C=O) groups excluding carboxylic acids is 1. The van der Waals surface area contributed by atoms with Crippen molar-refractivity contribution < 1.29 is 14.3 Å². The molecule has 0 saturated carbocycles. The van der Waals surface area contributed by atoms with Gasteiger partial charge in [-0.15, -0.1) is 0 Å². The molecule has 0 aliphatic carbocycles. The molecule has 2 aromatic rings. The van der Waals surface area contributed by atoms with Crippen LogP contribution in [0.4, 0.5) is 5.69 Å². The molecule has 152 valence electrons. The van der Waals surface area contributed by atoms with E-state index in [0.29, 0.717) is 23.8 Å². The van der Waals surface area contributed by atoms with Gasteiger partial charge in [0.25, 0.3) is 5.91 Å². The van der Waals surface area contributed by atoms with Crippen molar-refractivity contribution in [3.05, 3.63) is 54.1 Å². The predicted octanol–water partition coefficient (Wildman–Crippen LogP) is 6.32. The molecule has 0 spiro atoms. The maximum Gasteiger partial charge on any atom is 0.259 e. The zero-order valence-corrected chi connectivity index (χ0v) is 17.4. The molecule has 0 bridgehead atoms. The first-order valence-electron chi connectivity index (χ1n) is 10.4. The fourth-order valence-electron chi connectivity index (χ4n) is 2.77. The lowest BCUT2D eigenvalue weighted by Gasteiger charge is -2.13. The van der Waals surface area contributed by atoms with E-state index in [0.717, 1.165) is 24.5 Å². The summed E-state index contributed by atoms with van der Waals surface area (Å²) in [6.07, 6.45) is 6.10. The second kappa shape index (κ2) is 12.1. The minimum atomic E-state index is -0.177. The van der Waals surface area contributed by atoms with E-state index in [-0.39, 0.29) is 5.91 Å². The Hall–Kier alpha value is -2.49. The smallest absolute Gasteiger partial charge is 0.259 e. The van der Waals surface area contributed by atoms with Crippen molar-refractivity contribution in [1.29, 1.82) is 0 Å². The summed E-state index contributed by atoms with van der Waals surface area (Å²) in [6, 6.07) is 14.8. The molecule has 0 aromatic heterocycles. The zero-order valence-electron chi connectivity index (χ0n) is 17.4. The Morgan fingerprint density at radius 2 is 1.64 bits per heavy atom. The van der Waals surface area contributed by atoms with Crippen molar-refractivity contribution in [2.24, 2.45) is 5.92 Å². The van der Waals surface area contributed by atoms with Crippen LogP contribution in [-0.2, 0) is 0 Å². The van der Waals surface area contributed by atoms with Crippen molar-refractivity contribution in [3.63, 3.8) is 0 Å². The first kappa shape index (κ1) is 21.8. The second-order valence-corrected chi connectivity index (χ2v) is 7.44. The van der Waals surface area contributed by atoms with Crippen molar-refractivity contribution in [2.45, 2.75) is 52.9 Å². The molecule has 0 fully saturated rings. The maximum atomic E-state index is 12.6. The Bertz CT molecular complexity index is 710. The molecule has 0 heterocycles. The number of rotatable bonds is 12. The minimum absolute atomic E-state index is 0.177. The van der Waals surface area contributed by atoms with E-state index in [1.54, 1.807) is 6.07 Å². The van der Waals surface area contributed by atoms with Gasteiger partial charge in [-0.2, -0.15) is 0 Å². The molecule has 2 aromatic carbocycles. The summed E-state index contributed by atoms with van der Waals surface area (Å²) in [5, 5.41) is 2.93. The lowest BCUT2D eigenvalue weighted by molar-refractivity contribution is 0.102. The summed E-state index contributed by atoms with van der Waals surface area (Å²) in [6.45, 7) is 7.69. The van der Waals surface area contributed by atoms with E-state index in [1.165, 1.54) is 25.7 Å². The van der Waals surface area contributed by atoms with Crippen LogP contribution in [0.25, 0.3) is 0 Å². The molecule has 0 radical (unpaired) electrons. The number of amides is 1. The highest BCUT2D eigenvalue weighted by Gasteiger charge is 2.13. The number of carbonyl (C=O) groups is 1. The second-order valence-electron chi connectivity index (χ2n) is 7.44. The molecule has 0 aliphatic heterocycles. The Balaban J connectivity index is 1.86. The van der Waals surface area contributed by atoms with Gasteiger partial charge in [-0.3, -0.25) is 4.79 Å². The first-order valence-corrected chi connectivity index (χ1v) is 10.4. The highest BCUT2D eigenvalue weighted by Crippen LogP contribution is 2.22. The van der Waals surface area contributed by atoms with E-state index in [1.807, 2.05) is 42.5 Å². The van der Waals surface area contributed by atoms with Crippen LogP contribution in [-0.4, -0.2) is 19.1 Å². The van der Waals surface area contributed by atoms with Gasteiger partial charge in [0.05, 0.1) is 18.8 Å². The zero-order chi connectivity index (χ0) is 20.2. The molecule has 0 unspecified atom stereocenters. The van der Waals surface area contributed by atoms with Crippen molar-refractivity contribution in [2.75, 3.05) is 18.5 Å². The van der Waals surface area contributed by atoms with Gasteiger partial charge in [0, 0.05) is 5.69 Å². The number of ether oxygens (including phenoxy) is 2. The molecule has 2 rings (SSSR count). The summed E-state index contributed by atoms with van der Waals surface area (Å²) in [7, 11) is 0. The average Bonchev–Trinajstić information content (AvgIpc) is 2.70. The number of anilines is 1. The molecule has 0 atom stereocenters. The third-order valence-electron chi connectivity index (χ3n) is 4.33. The number of unbranched alkanes of at least 4 members (excludes halogenated alkanes) is 4. The number of hydrogen-bond donors (Lipinski definition) is 1. The molecular formula is C24H33NO3. The van der Waals surface area contributed by atoms with Gasteiger partial charge >= 0.3 is 0 Å². The molecule has 28 heavy (non-hydrogen) atoms. The summed E-state index contributed by atoms with van der Waals surface area (Å²) >= 11 is 0. The lowest BCUT2D eigenvalue weighted by Crippen LogP contribution is -2.15. The average molecular weight is 384 g/mol. The Morgan fingerprint density at radius 1 is 0.929 bits per heavy atom. The van der Waals surface area contributed by atoms with Crippen LogP contribution in [0.3, 0.4) is 0 Å². The number of para-hydroxylation sites is 1. The number of benzene rings is 2. The standard InChI is InChI=1S/C24H33NO3/c1-4-5-6-7-10-17-27-21-15-13-20(14-16-21)25-24(26)22-11-8-9-12-23(22)28-18-19(2)3/h8-9,11-16,19H,4-7,10,17-18H2,1-3H3,(H,25,26). The Labute approximate surface area is 169 Å². The summed E-state index contributed by atoms with van der Waals surface area (Å²) in [5.41, 5.74) is 1.27. The largest absolute Gasteiger partial charge is 0.494 e. The monoisotopic (exact) mass is 383 g/mol. The van der Waals surface area contributed by atoms with Gasteiger partial charge in [-0.25, -0.2) is 0 Å². The van der Waals surface area contributed by atoms with Crippen molar-refractivity contribution in [3.8, 4) is 11.5 Å². The molecule has 1 amide bonds.